The molecular weight excluding hydrogens is 246 g/mol. The van der Waals surface area contributed by atoms with E-state index in [-0.39, 0.29) is 5.60 Å². The van der Waals surface area contributed by atoms with Crippen LogP contribution in [0.2, 0.25) is 0 Å². The summed E-state index contributed by atoms with van der Waals surface area (Å²) < 4.78 is 6.19. The lowest BCUT2D eigenvalue weighted by atomic mass is 9.71. The van der Waals surface area contributed by atoms with Crippen LogP contribution in [0, 0.1) is 11.8 Å². The van der Waals surface area contributed by atoms with E-state index >= 15 is 0 Å². The fraction of sp³-hybridized carbons (Fsp3) is 1.00. The molecule has 2 aliphatic carbocycles. The Labute approximate surface area is 126 Å². The molecule has 118 valence electrons. The van der Waals surface area contributed by atoms with Crippen molar-refractivity contribution in [3.63, 3.8) is 0 Å². The van der Waals surface area contributed by atoms with Crippen LogP contribution < -0.4 is 5.32 Å². The molecule has 0 amide bonds. The molecule has 0 aromatic rings. The second-order valence-corrected chi connectivity index (χ2v) is 7.24. The predicted molar refractivity (Wildman–Crippen MR) is 86.0 cm³/mol. The van der Waals surface area contributed by atoms with Gasteiger partial charge in [0, 0.05) is 13.2 Å². The number of likely N-dealkylation sites (N-methyl/N-ethyl adjacent to an activating group) is 1. The SMILES string of the molecule is CCNC(C1CCC(C)CC1)C1(OC)CCCCCC1. The van der Waals surface area contributed by atoms with Gasteiger partial charge in [0.1, 0.15) is 0 Å². The predicted octanol–water partition coefficient (Wildman–Crippen LogP) is 4.53. The number of ether oxygens (including phenoxy) is 1. The standard InChI is InChI=1S/C18H35NO/c1-4-19-17(16-11-9-15(2)10-12-16)18(20-3)13-7-5-6-8-14-18/h15-17,19H,4-14H2,1-3H3. The van der Waals surface area contributed by atoms with Crippen molar-refractivity contribution in [3.05, 3.63) is 0 Å². The van der Waals surface area contributed by atoms with Crippen LogP contribution in [0.15, 0.2) is 0 Å². The van der Waals surface area contributed by atoms with Gasteiger partial charge < -0.3 is 10.1 Å². The lowest BCUT2D eigenvalue weighted by Crippen LogP contribution is -2.56. The third-order valence-corrected chi connectivity index (χ3v) is 5.88. The molecule has 2 aliphatic rings. The lowest BCUT2D eigenvalue weighted by molar-refractivity contribution is -0.0728. The van der Waals surface area contributed by atoms with Crippen LogP contribution in [0.25, 0.3) is 0 Å². The Morgan fingerprint density at radius 3 is 2.15 bits per heavy atom. The molecule has 1 unspecified atom stereocenters. The maximum atomic E-state index is 6.19. The van der Waals surface area contributed by atoms with Gasteiger partial charge in [-0.3, -0.25) is 0 Å². The molecule has 0 aromatic carbocycles. The van der Waals surface area contributed by atoms with Gasteiger partial charge in [0.05, 0.1) is 5.60 Å². The van der Waals surface area contributed by atoms with Gasteiger partial charge in [0.25, 0.3) is 0 Å². The largest absolute Gasteiger partial charge is 0.377 e. The van der Waals surface area contributed by atoms with Gasteiger partial charge in [0.15, 0.2) is 0 Å². The molecule has 0 aromatic heterocycles. The highest BCUT2D eigenvalue weighted by Crippen LogP contribution is 2.40. The summed E-state index contributed by atoms with van der Waals surface area (Å²) in [5.41, 5.74) is 0.109. The first-order chi connectivity index (χ1) is 9.72. The minimum absolute atomic E-state index is 0.109. The van der Waals surface area contributed by atoms with Gasteiger partial charge in [-0.05, 0) is 44.1 Å². The molecule has 0 bridgehead atoms. The normalized spacial score (nSPS) is 32.5. The first-order valence-electron chi connectivity index (χ1n) is 9.00. The molecule has 2 rings (SSSR count). The molecule has 0 aliphatic heterocycles. The highest BCUT2D eigenvalue weighted by Gasteiger charge is 2.43. The zero-order valence-corrected chi connectivity index (χ0v) is 13.9. The van der Waals surface area contributed by atoms with Gasteiger partial charge in [0.2, 0.25) is 0 Å². The Kier molecular flexibility index (Phi) is 6.35. The van der Waals surface area contributed by atoms with Crippen molar-refractivity contribution in [2.24, 2.45) is 11.8 Å². The van der Waals surface area contributed by atoms with Crippen LogP contribution >= 0.6 is 0 Å². The summed E-state index contributed by atoms with van der Waals surface area (Å²) in [4.78, 5) is 0. The summed E-state index contributed by atoms with van der Waals surface area (Å²) in [6.07, 6.45) is 13.6. The van der Waals surface area contributed by atoms with Crippen LogP contribution in [0.5, 0.6) is 0 Å². The molecule has 1 atom stereocenters. The lowest BCUT2D eigenvalue weighted by Gasteiger charge is -2.45. The summed E-state index contributed by atoms with van der Waals surface area (Å²) in [6, 6.07) is 0.572. The summed E-state index contributed by atoms with van der Waals surface area (Å²) >= 11 is 0. The first-order valence-corrected chi connectivity index (χ1v) is 9.00. The average molecular weight is 281 g/mol. The fourth-order valence-corrected chi connectivity index (χ4v) is 4.59. The van der Waals surface area contributed by atoms with E-state index in [1.165, 1.54) is 64.2 Å². The van der Waals surface area contributed by atoms with E-state index < -0.39 is 0 Å². The van der Waals surface area contributed by atoms with E-state index in [2.05, 4.69) is 19.2 Å². The molecule has 0 heterocycles. The molecule has 0 spiro atoms. The molecule has 1 N–H and O–H groups in total. The smallest absolute Gasteiger partial charge is 0.0833 e. The van der Waals surface area contributed by atoms with E-state index in [1.807, 2.05) is 7.11 Å². The number of hydrogen-bond acceptors (Lipinski definition) is 2. The van der Waals surface area contributed by atoms with Crippen molar-refractivity contribution in [1.29, 1.82) is 0 Å². The topological polar surface area (TPSA) is 21.3 Å². The maximum Gasteiger partial charge on any atom is 0.0833 e. The molecule has 2 fully saturated rings. The molecule has 2 heteroatoms. The van der Waals surface area contributed by atoms with Crippen LogP contribution in [0.4, 0.5) is 0 Å². The van der Waals surface area contributed by atoms with Gasteiger partial charge in [-0.1, -0.05) is 52.4 Å². The Morgan fingerprint density at radius 1 is 1.05 bits per heavy atom. The van der Waals surface area contributed by atoms with Crippen LogP contribution in [-0.2, 0) is 4.74 Å². The van der Waals surface area contributed by atoms with E-state index in [4.69, 9.17) is 4.74 Å². The van der Waals surface area contributed by atoms with Crippen molar-refractivity contribution >= 4 is 0 Å². The summed E-state index contributed by atoms with van der Waals surface area (Å²) in [5.74, 6) is 1.75. The van der Waals surface area contributed by atoms with E-state index in [0.29, 0.717) is 6.04 Å². The monoisotopic (exact) mass is 281 g/mol. The zero-order valence-electron chi connectivity index (χ0n) is 13.9. The number of nitrogens with one attached hydrogen (secondary N) is 1. The van der Waals surface area contributed by atoms with Gasteiger partial charge >= 0.3 is 0 Å². The minimum atomic E-state index is 0.109. The molecule has 0 saturated heterocycles. The van der Waals surface area contributed by atoms with E-state index in [9.17, 15) is 0 Å². The van der Waals surface area contributed by atoms with Crippen LogP contribution in [0.3, 0.4) is 0 Å². The van der Waals surface area contributed by atoms with Crippen molar-refractivity contribution in [2.75, 3.05) is 13.7 Å². The summed E-state index contributed by atoms with van der Waals surface area (Å²) in [6.45, 7) is 5.73. The van der Waals surface area contributed by atoms with Crippen LogP contribution in [-0.4, -0.2) is 25.3 Å². The van der Waals surface area contributed by atoms with E-state index in [1.54, 1.807) is 0 Å². The highest BCUT2D eigenvalue weighted by atomic mass is 16.5. The fourth-order valence-electron chi connectivity index (χ4n) is 4.59. The number of hydrogen-bond donors (Lipinski definition) is 1. The molecule has 0 radical (unpaired) electrons. The first kappa shape index (κ1) is 16.3. The average Bonchev–Trinajstić information content (AvgIpc) is 2.72. The molecular formula is C18H35NO. The third kappa shape index (κ3) is 3.76. The quantitative estimate of drug-likeness (QED) is 0.748. The summed E-state index contributed by atoms with van der Waals surface area (Å²) in [5, 5.41) is 3.83. The molecule has 20 heavy (non-hydrogen) atoms. The van der Waals surface area contributed by atoms with Crippen LogP contribution in [0.1, 0.15) is 78.1 Å². The second-order valence-electron chi connectivity index (χ2n) is 7.24. The van der Waals surface area contributed by atoms with Gasteiger partial charge in [-0.25, -0.2) is 0 Å². The van der Waals surface area contributed by atoms with Crippen molar-refractivity contribution in [1.82, 2.24) is 5.32 Å². The Bertz CT molecular complexity index is 263. The van der Waals surface area contributed by atoms with Gasteiger partial charge in [-0.2, -0.15) is 0 Å². The van der Waals surface area contributed by atoms with Crippen molar-refractivity contribution in [3.8, 4) is 0 Å². The van der Waals surface area contributed by atoms with Gasteiger partial charge in [-0.15, -0.1) is 0 Å². The molecule has 2 nitrogen and oxygen atoms in total. The third-order valence-electron chi connectivity index (χ3n) is 5.88. The van der Waals surface area contributed by atoms with E-state index in [0.717, 1.165) is 18.4 Å². The number of methoxy groups -OCH3 is 1. The second kappa shape index (κ2) is 7.79. The van der Waals surface area contributed by atoms with Crippen molar-refractivity contribution < 1.29 is 4.74 Å². The number of rotatable bonds is 5. The highest BCUT2D eigenvalue weighted by molar-refractivity contribution is 4.98. The Balaban J connectivity index is 2.11. The maximum absolute atomic E-state index is 6.19. The Hall–Kier alpha value is -0.0800. The minimum Gasteiger partial charge on any atom is -0.377 e. The zero-order chi connectivity index (χ0) is 14.4. The van der Waals surface area contributed by atoms with Crippen molar-refractivity contribution in [2.45, 2.75) is 89.7 Å². The Morgan fingerprint density at radius 2 is 1.65 bits per heavy atom. The summed E-state index contributed by atoms with van der Waals surface area (Å²) in [7, 11) is 1.96. The molecule has 2 saturated carbocycles.